The molecule has 0 unspecified atom stereocenters. The van der Waals surface area contributed by atoms with E-state index in [0.717, 1.165) is 11.1 Å². The maximum absolute atomic E-state index is 11.6. The fraction of sp³-hybridized carbons (Fsp3) is 0.529. The van der Waals surface area contributed by atoms with Crippen LogP contribution in [0.25, 0.3) is 0 Å². The minimum Gasteiger partial charge on any atom is -0.482 e. The summed E-state index contributed by atoms with van der Waals surface area (Å²) in [5, 5.41) is 2.77. The molecule has 0 fully saturated rings. The molecular weight excluding hydrogens is 282 g/mol. The van der Waals surface area contributed by atoms with E-state index >= 15 is 0 Å². The van der Waals surface area contributed by atoms with Crippen molar-refractivity contribution in [1.29, 1.82) is 0 Å². The molecule has 22 heavy (non-hydrogen) atoms. The molecule has 0 spiro atoms. The molecule has 1 aromatic carbocycles. The van der Waals surface area contributed by atoms with Gasteiger partial charge in [-0.25, -0.2) is 4.79 Å². The van der Waals surface area contributed by atoms with Gasteiger partial charge in [0.15, 0.2) is 13.2 Å². The molecule has 1 aromatic rings. The molecule has 1 rings (SSSR count). The van der Waals surface area contributed by atoms with Gasteiger partial charge in [0, 0.05) is 6.04 Å². The number of benzene rings is 1. The fourth-order valence-corrected chi connectivity index (χ4v) is 1.81. The zero-order valence-corrected chi connectivity index (χ0v) is 13.9. The predicted molar refractivity (Wildman–Crippen MR) is 84.8 cm³/mol. The second-order valence-corrected chi connectivity index (χ2v) is 5.87. The third kappa shape index (κ3) is 6.61. The van der Waals surface area contributed by atoms with E-state index in [0.29, 0.717) is 11.7 Å². The number of carbonyl (C=O) groups is 2. The zero-order chi connectivity index (χ0) is 16.7. The first-order chi connectivity index (χ1) is 10.3. The second kappa shape index (κ2) is 8.41. The topological polar surface area (TPSA) is 64.6 Å². The number of rotatable bonds is 7. The van der Waals surface area contributed by atoms with E-state index in [1.54, 1.807) is 0 Å². The van der Waals surface area contributed by atoms with Gasteiger partial charge in [-0.2, -0.15) is 0 Å². The Hall–Kier alpha value is -2.04. The summed E-state index contributed by atoms with van der Waals surface area (Å²) in [6, 6.07) is 5.75. The number of nitrogens with one attached hydrogen (secondary N) is 1. The van der Waals surface area contributed by atoms with Crippen LogP contribution in [0.5, 0.6) is 5.75 Å². The predicted octanol–water partition coefficient (Wildman–Crippen LogP) is 2.39. The average Bonchev–Trinajstić information content (AvgIpc) is 2.41. The Morgan fingerprint density at radius 1 is 1.05 bits per heavy atom. The van der Waals surface area contributed by atoms with E-state index in [1.807, 2.05) is 52.8 Å². The van der Waals surface area contributed by atoms with Gasteiger partial charge in [-0.1, -0.05) is 19.9 Å². The number of esters is 1. The molecule has 122 valence electrons. The second-order valence-electron chi connectivity index (χ2n) is 5.87. The molecule has 1 N–H and O–H groups in total. The van der Waals surface area contributed by atoms with Crippen molar-refractivity contribution >= 4 is 11.9 Å². The van der Waals surface area contributed by atoms with Crippen LogP contribution in [0.3, 0.4) is 0 Å². The van der Waals surface area contributed by atoms with Gasteiger partial charge in [0.2, 0.25) is 0 Å². The lowest BCUT2D eigenvalue weighted by molar-refractivity contribution is -0.150. The summed E-state index contributed by atoms with van der Waals surface area (Å²) in [4.78, 5) is 23.2. The summed E-state index contributed by atoms with van der Waals surface area (Å²) in [6.45, 7) is 9.34. The molecule has 0 aliphatic heterocycles. The van der Waals surface area contributed by atoms with Gasteiger partial charge in [0.05, 0.1) is 0 Å². The average molecular weight is 307 g/mol. The van der Waals surface area contributed by atoms with Crippen molar-refractivity contribution in [3.63, 3.8) is 0 Å². The molecule has 0 saturated carbocycles. The highest BCUT2D eigenvalue weighted by Gasteiger charge is 2.13. The highest BCUT2D eigenvalue weighted by Crippen LogP contribution is 2.16. The summed E-state index contributed by atoms with van der Waals surface area (Å²) >= 11 is 0. The summed E-state index contributed by atoms with van der Waals surface area (Å²) in [7, 11) is 0. The number of amides is 1. The van der Waals surface area contributed by atoms with Crippen molar-refractivity contribution in [2.45, 2.75) is 40.7 Å². The SMILES string of the molecule is Cc1cc(C)cc(OCC(=O)OCC(=O)N[C@@H](C)C(C)C)c1. The Labute approximate surface area is 132 Å². The molecule has 0 saturated heterocycles. The molecular formula is C17H25NO4. The highest BCUT2D eigenvalue weighted by molar-refractivity contribution is 5.81. The van der Waals surface area contributed by atoms with Gasteiger partial charge in [-0.15, -0.1) is 0 Å². The van der Waals surface area contributed by atoms with E-state index in [1.165, 1.54) is 0 Å². The number of hydrogen-bond acceptors (Lipinski definition) is 4. The lowest BCUT2D eigenvalue weighted by Gasteiger charge is -2.17. The van der Waals surface area contributed by atoms with Crippen molar-refractivity contribution in [3.05, 3.63) is 29.3 Å². The monoisotopic (exact) mass is 307 g/mol. The Bertz CT molecular complexity index is 505. The first-order valence-electron chi connectivity index (χ1n) is 7.44. The van der Waals surface area contributed by atoms with E-state index in [2.05, 4.69) is 5.32 Å². The summed E-state index contributed by atoms with van der Waals surface area (Å²) in [6.07, 6.45) is 0. The van der Waals surface area contributed by atoms with Crippen LogP contribution in [0.4, 0.5) is 0 Å². The van der Waals surface area contributed by atoms with Crippen LogP contribution in [-0.2, 0) is 14.3 Å². The molecule has 1 atom stereocenters. The van der Waals surface area contributed by atoms with Gasteiger partial charge in [-0.3, -0.25) is 4.79 Å². The Balaban J connectivity index is 2.33. The van der Waals surface area contributed by atoms with Crippen LogP contribution < -0.4 is 10.1 Å². The van der Waals surface area contributed by atoms with Crippen molar-refractivity contribution < 1.29 is 19.1 Å². The molecule has 5 nitrogen and oxygen atoms in total. The van der Waals surface area contributed by atoms with Gasteiger partial charge in [0.1, 0.15) is 5.75 Å². The lowest BCUT2D eigenvalue weighted by atomic mass is 10.1. The van der Waals surface area contributed by atoms with Crippen LogP contribution in [0.15, 0.2) is 18.2 Å². The molecule has 0 aliphatic carbocycles. The van der Waals surface area contributed by atoms with Crippen LogP contribution in [0, 0.1) is 19.8 Å². The number of carbonyl (C=O) groups excluding carboxylic acids is 2. The van der Waals surface area contributed by atoms with Gasteiger partial charge < -0.3 is 14.8 Å². The van der Waals surface area contributed by atoms with Crippen LogP contribution in [0.2, 0.25) is 0 Å². The van der Waals surface area contributed by atoms with Crippen molar-refractivity contribution in [2.24, 2.45) is 5.92 Å². The number of aryl methyl sites for hydroxylation is 2. The van der Waals surface area contributed by atoms with Gasteiger partial charge >= 0.3 is 5.97 Å². The minimum atomic E-state index is -0.563. The minimum absolute atomic E-state index is 0.0396. The van der Waals surface area contributed by atoms with Crippen LogP contribution in [-0.4, -0.2) is 31.1 Å². The number of ether oxygens (including phenoxy) is 2. The normalized spacial score (nSPS) is 11.9. The van der Waals surface area contributed by atoms with Crippen molar-refractivity contribution in [1.82, 2.24) is 5.32 Å². The standard InChI is InChI=1S/C17H25NO4/c1-11(2)14(5)18-16(19)9-22-17(20)10-21-15-7-12(3)6-13(4)8-15/h6-8,11,14H,9-10H2,1-5H3,(H,18,19)/t14-/m0/s1. The lowest BCUT2D eigenvalue weighted by Crippen LogP contribution is -2.39. The zero-order valence-electron chi connectivity index (χ0n) is 13.9. The van der Waals surface area contributed by atoms with E-state index in [9.17, 15) is 9.59 Å². The molecule has 5 heteroatoms. The van der Waals surface area contributed by atoms with Crippen molar-refractivity contribution in [2.75, 3.05) is 13.2 Å². The van der Waals surface area contributed by atoms with Crippen LogP contribution >= 0.6 is 0 Å². The summed E-state index contributed by atoms with van der Waals surface area (Å²) < 4.78 is 10.3. The Morgan fingerprint density at radius 3 is 2.18 bits per heavy atom. The molecule has 0 radical (unpaired) electrons. The largest absolute Gasteiger partial charge is 0.482 e. The van der Waals surface area contributed by atoms with E-state index in [4.69, 9.17) is 9.47 Å². The fourth-order valence-electron chi connectivity index (χ4n) is 1.81. The molecule has 0 aliphatic rings. The van der Waals surface area contributed by atoms with E-state index < -0.39 is 5.97 Å². The molecule has 0 heterocycles. The summed E-state index contributed by atoms with van der Waals surface area (Å²) in [5.74, 6) is 0.0762. The Morgan fingerprint density at radius 2 is 1.64 bits per heavy atom. The summed E-state index contributed by atoms with van der Waals surface area (Å²) in [5.41, 5.74) is 2.12. The Kier molecular flexibility index (Phi) is 6.89. The van der Waals surface area contributed by atoms with E-state index in [-0.39, 0.29) is 25.2 Å². The first kappa shape index (κ1) is 18.0. The van der Waals surface area contributed by atoms with Gasteiger partial charge in [-0.05, 0) is 49.9 Å². The van der Waals surface area contributed by atoms with Crippen LogP contribution in [0.1, 0.15) is 31.9 Å². The maximum atomic E-state index is 11.6. The quantitative estimate of drug-likeness (QED) is 0.786. The van der Waals surface area contributed by atoms with Crippen molar-refractivity contribution in [3.8, 4) is 5.75 Å². The molecule has 0 bridgehead atoms. The third-order valence-electron chi connectivity index (χ3n) is 3.30. The first-order valence-corrected chi connectivity index (χ1v) is 7.44. The third-order valence-corrected chi connectivity index (χ3v) is 3.30. The smallest absolute Gasteiger partial charge is 0.344 e. The maximum Gasteiger partial charge on any atom is 0.344 e. The number of hydrogen-bond donors (Lipinski definition) is 1. The van der Waals surface area contributed by atoms with Gasteiger partial charge in [0.25, 0.3) is 5.91 Å². The highest BCUT2D eigenvalue weighted by atomic mass is 16.6. The molecule has 1 amide bonds. The molecule has 0 aromatic heterocycles.